The molecule has 4 rings (SSSR count). The summed E-state index contributed by atoms with van der Waals surface area (Å²) in [6.45, 7) is 1.75. The molecule has 7 heteroatoms. The second-order valence-electron chi connectivity index (χ2n) is 6.68. The molecule has 28 heavy (non-hydrogen) atoms. The number of aromatic nitrogens is 2. The molecule has 3 aromatic rings. The number of ether oxygens (including phenoxy) is 1. The Labute approximate surface area is 161 Å². The highest BCUT2D eigenvalue weighted by atomic mass is 16.5. The Morgan fingerprint density at radius 2 is 1.75 bits per heavy atom. The van der Waals surface area contributed by atoms with Gasteiger partial charge in [-0.2, -0.15) is 0 Å². The van der Waals surface area contributed by atoms with Crippen LogP contribution in [-0.4, -0.2) is 27.3 Å². The van der Waals surface area contributed by atoms with Crippen LogP contribution in [0.25, 0.3) is 5.69 Å². The number of anilines is 1. The first-order valence-corrected chi connectivity index (χ1v) is 8.91. The first-order valence-electron chi connectivity index (χ1n) is 8.91. The SMILES string of the molecule is Cc1c(NC(=O)C2Cc3ccccc3C(=O)O2)c(=O)n(-c2ccccc2)n1C. The van der Waals surface area contributed by atoms with Gasteiger partial charge in [0.05, 0.1) is 16.9 Å². The van der Waals surface area contributed by atoms with Crippen molar-refractivity contribution in [2.45, 2.75) is 19.4 Å². The molecule has 1 amide bonds. The fourth-order valence-corrected chi connectivity index (χ4v) is 3.39. The van der Waals surface area contributed by atoms with Crippen LogP contribution in [0.3, 0.4) is 0 Å². The minimum atomic E-state index is -0.980. The number of fused-ring (bicyclic) bond motifs is 1. The summed E-state index contributed by atoms with van der Waals surface area (Å²) in [6, 6.07) is 16.2. The molecule has 0 fully saturated rings. The van der Waals surface area contributed by atoms with Gasteiger partial charge in [0.1, 0.15) is 5.69 Å². The Bertz CT molecular complexity index is 1130. The molecule has 2 heterocycles. The van der Waals surface area contributed by atoms with Crippen molar-refractivity contribution in [3.8, 4) is 5.69 Å². The number of esters is 1. The van der Waals surface area contributed by atoms with Crippen LogP contribution in [0.4, 0.5) is 5.69 Å². The number of nitrogens with one attached hydrogen (secondary N) is 1. The van der Waals surface area contributed by atoms with Crippen LogP contribution in [0.2, 0.25) is 0 Å². The maximum atomic E-state index is 12.9. The van der Waals surface area contributed by atoms with Crippen molar-refractivity contribution < 1.29 is 14.3 Å². The van der Waals surface area contributed by atoms with Gasteiger partial charge in [-0.05, 0) is 30.7 Å². The van der Waals surface area contributed by atoms with Crippen molar-refractivity contribution in [1.29, 1.82) is 0 Å². The van der Waals surface area contributed by atoms with Crippen LogP contribution in [0.5, 0.6) is 0 Å². The van der Waals surface area contributed by atoms with E-state index in [1.165, 1.54) is 4.68 Å². The third-order valence-corrected chi connectivity index (χ3v) is 4.99. The highest BCUT2D eigenvalue weighted by Gasteiger charge is 2.32. The number of rotatable bonds is 3. The first-order chi connectivity index (χ1) is 13.5. The third-order valence-electron chi connectivity index (χ3n) is 4.99. The molecule has 0 saturated heterocycles. The van der Waals surface area contributed by atoms with Crippen LogP contribution < -0.4 is 10.9 Å². The van der Waals surface area contributed by atoms with Crippen LogP contribution in [-0.2, 0) is 23.0 Å². The average Bonchev–Trinajstić information content (AvgIpc) is 2.92. The molecule has 2 aromatic carbocycles. The number of amides is 1. The zero-order valence-corrected chi connectivity index (χ0v) is 15.5. The molecule has 0 aliphatic carbocycles. The van der Waals surface area contributed by atoms with E-state index in [1.54, 1.807) is 36.9 Å². The maximum Gasteiger partial charge on any atom is 0.339 e. The molecule has 1 N–H and O–H groups in total. The Morgan fingerprint density at radius 1 is 1.07 bits per heavy atom. The summed E-state index contributed by atoms with van der Waals surface area (Å²) in [6.07, 6.45) is -0.710. The number of nitrogens with zero attached hydrogens (tertiary/aromatic N) is 2. The monoisotopic (exact) mass is 377 g/mol. The molecule has 1 atom stereocenters. The lowest BCUT2D eigenvalue weighted by atomic mass is 9.98. The topological polar surface area (TPSA) is 82.3 Å². The molecule has 1 aliphatic heterocycles. The smallest absolute Gasteiger partial charge is 0.339 e. The highest BCUT2D eigenvalue weighted by Crippen LogP contribution is 2.22. The van der Waals surface area contributed by atoms with Crippen LogP contribution in [0, 0.1) is 6.92 Å². The number of carbonyl (C=O) groups excluding carboxylic acids is 2. The molecule has 1 aliphatic rings. The summed E-state index contributed by atoms with van der Waals surface area (Å²) in [7, 11) is 1.75. The fourth-order valence-electron chi connectivity index (χ4n) is 3.39. The standard InChI is InChI=1S/C21H19N3O4/c1-13-18(20(26)24(23(13)2)15-9-4-3-5-10-15)22-19(25)17-12-14-8-6-7-11-16(14)21(27)28-17/h3-11,17H,12H2,1-2H3,(H,22,25). The summed E-state index contributed by atoms with van der Waals surface area (Å²) >= 11 is 0. The van der Waals surface area contributed by atoms with Crippen molar-refractivity contribution in [3.05, 3.63) is 81.8 Å². The molecule has 142 valence electrons. The summed E-state index contributed by atoms with van der Waals surface area (Å²) in [5, 5.41) is 2.66. The first kappa shape index (κ1) is 17.8. The molecule has 7 nitrogen and oxygen atoms in total. The van der Waals surface area contributed by atoms with Crippen LogP contribution in [0.1, 0.15) is 21.6 Å². The zero-order chi connectivity index (χ0) is 19.8. The van der Waals surface area contributed by atoms with Gasteiger partial charge >= 0.3 is 5.97 Å². The minimum Gasteiger partial charge on any atom is -0.448 e. The van der Waals surface area contributed by atoms with Gasteiger partial charge in [0.2, 0.25) is 0 Å². The van der Waals surface area contributed by atoms with Crippen molar-refractivity contribution in [3.63, 3.8) is 0 Å². The van der Waals surface area contributed by atoms with Gasteiger partial charge in [-0.1, -0.05) is 36.4 Å². The molecular weight excluding hydrogens is 358 g/mol. The highest BCUT2D eigenvalue weighted by molar-refractivity contribution is 6.00. The number of hydrogen-bond acceptors (Lipinski definition) is 4. The van der Waals surface area contributed by atoms with Crippen LogP contribution in [0.15, 0.2) is 59.4 Å². The zero-order valence-electron chi connectivity index (χ0n) is 15.5. The summed E-state index contributed by atoms with van der Waals surface area (Å²) < 4.78 is 8.44. The number of benzene rings is 2. The minimum absolute atomic E-state index is 0.172. The number of carbonyl (C=O) groups is 2. The third kappa shape index (κ3) is 2.90. The van der Waals surface area contributed by atoms with Crippen molar-refractivity contribution in [2.75, 3.05) is 5.32 Å². The average molecular weight is 377 g/mol. The van der Waals surface area contributed by atoms with E-state index in [0.29, 0.717) is 16.9 Å². The van der Waals surface area contributed by atoms with Crippen molar-refractivity contribution in [1.82, 2.24) is 9.36 Å². The Balaban J connectivity index is 1.63. The lowest BCUT2D eigenvalue weighted by Gasteiger charge is -2.23. The second kappa shape index (κ2) is 6.84. The van der Waals surface area contributed by atoms with Crippen molar-refractivity contribution in [2.24, 2.45) is 7.05 Å². The van der Waals surface area contributed by atoms with E-state index < -0.39 is 18.0 Å². The van der Waals surface area contributed by atoms with E-state index in [0.717, 1.165) is 5.56 Å². The summed E-state index contributed by atoms with van der Waals surface area (Å²) in [4.78, 5) is 37.8. The molecule has 0 spiro atoms. The van der Waals surface area contributed by atoms with Crippen LogP contribution >= 0.6 is 0 Å². The van der Waals surface area contributed by atoms with Crippen molar-refractivity contribution >= 4 is 17.6 Å². The Morgan fingerprint density at radius 3 is 2.50 bits per heavy atom. The molecule has 1 unspecified atom stereocenters. The lowest BCUT2D eigenvalue weighted by Crippen LogP contribution is -2.38. The number of cyclic esters (lactones) is 1. The fraction of sp³-hybridized carbons (Fsp3) is 0.190. The van der Waals surface area contributed by atoms with E-state index in [-0.39, 0.29) is 17.7 Å². The van der Waals surface area contributed by atoms with Gasteiger partial charge in [0.25, 0.3) is 11.5 Å². The van der Waals surface area contributed by atoms with Gasteiger partial charge in [-0.15, -0.1) is 0 Å². The van der Waals surface area contributed by atoms with Gasteiger partial charge in [0, 0.05) is 13.5 Å². The molecular formula is C21H19N3O4. The largest absolute Gasteiger partial charge is 0.448 e. The van der Waals surface area contributed by atoms with E-state index in [4.69, 9.17) is 4.74 Å². The lowest BCUT2D eigenvalue weighted by molar-refractivity contribution is -0.125. The molecule has 1 aromatic heterocycles. The van der Waals surface area contributed by atoms with E-state index in [2.05, 4.69) is 5.32 Å². The number of para-hydroxylation sites is 1. The molecule has 0 saturated carbocycles. The van der Waals surface area contributed by atoms with Gasteiger partial charge < -0.3 is 10.1 Å². The Kier molecular flexibility index (Phi) is 4.35. The van der Waals surface area contributed by atoms with Gasteiger partial charge in [-0.3, -0.25) is 14.3 Å². The maximum absolute atomic E-state index is 12.9. The van der Waals surface area contributed by atoms with E-state index in [1.807, 2.05) is 36.4 Å². The number of hydrogen-bond donors (Lipinski definition) is 1. The normalized spacial score (nSPS) is 15.6. The summed E-state index contributed by atoms with van der Waals surface area (Å²) in [5.74, 6) is -1.05. The predicted octanol–water partition coefficient (Wildman–Crippen LogP) is 2.20. The van der Waals surface area contributed by atoms with Gasteiger partial charge in [-0.25, -0.2) is 9.48 Å². The quantitative estimate of drug-likeness (QED) is 0.710. The summed E-state index contributed by atoms with van der Waals surface area (Å²) in [5.41, 5.74) is 2.34. The van der Waals surface area contributed by atoms with E-state index in [9.17, 15) is 14.4 Å². The second-order valence-corrected chi connectivity index (χ2v) is 6.68. The van der Waals surface area contributed by atoms with Gasteiger partial charge in [0.15, 0.2) is 6.10 Å². The van der Waals surface area contributed by atoms with E-state index >= 15 is 0 Å². The molecule has 0 bridgehead atoms. The Hall–Kier alpha value is -3.61. The molecule has 0 radical (unpaired) electrons. The predicted molar refractivity (Wildman–Crippen MR) is 104 cm³/mol.